The second-order valence-electron chi connectivity index (χ2n) is 4.98. The summed E-state index contributed by atoms with van der Waals surface area (Å²) in [7, 11) is -1.22. The standard InChI is InChI=1S/C10H19NO3S/c1-9(2,3)15(12)11-6-8-7-13-10(4,5)14-8/h6,8H,7H2,1-5H3/t8-,15-/m1/s1. The van der Waals surface area contributed by atoms with E-state index in [2.05, 4.69) is 4.40 Å². The van der Waals surface area contributed by atoms with Crippen LogP contribution >= 0.6 is 0 Å². The fourth-order valence-corrected chi connectivity index (χ4v) is 1.63. The smallest absolute Gasteiger partial charge is 0.163 e. The lowest BCUT2D eigenvalue weighted by Gasteiger charge is -2.16. The van der Waals surface area contributed by atoms with Crippen LogP contribution in [0.15, 0.2) is 4.40 Å². The van der Waals surface area contributed by atoms with E-state index in [0.717, 1.165) is 0 Å². The van der Waals surface area contributed by atoms with Gasteiger partial charge < -0.3 is 9.47 Å². The topological polar surface area (TPSA) is 47.9 Å². The van der Waals surface area contributed by atoms with Gasteiger partial charge in [0.2, 0.25) is 0 Å². The first-order valence-electron chi connectivity index (χ1n) is 4.99. The Morgan fingerprint density at radius 3 is 2.47 bits per heavy atom. The lowest BCUT2D eigenvalue weighted by molar-refractivity contribution is -0.130. The van der Waals surface area contributed by atoms with Crippen molar-refractivity contribution >= 4 is 17.2 Å². The maximum absolute atomic E-state index is 11.6. The normalized spacial score (nSPS) is 28.5. The third kappa shape index (κ3) is 4.01. The number of ether oxygens (including phenoxy) is 2. The van der Waals surface area contributed by atoms with Gasteiger partial charge in [-0.25, -0.2) is 4.21 Å². The molecular formula is C10H19NO3S. The van der Waals surface area contributed by atoms with Gasteiger partial charge in [0, 0.05) is 6.21 Å². The Morgan fingerprint density at radius 1 is 1.47 bits per heavy atom. The molecule has 1 rings (SSSR count). The van der Waals surface area contributed by atoms with Crippen molar-refractivity contribution in [1.29, 1.82) is 0 Å². The van der Waals surface area contributed by atoms with Crippen molar-refractivity contribution in [2.45, 2.75) is 51.3 Å². The largest absolute Gasteiger partial charge is 0.347 e. The van der Waals surface area contributed by atoms with Crippen LogP contribution in [0, 0.1) is 0 Å². The summed E-state index contributed by atoms with van der Waals surface area (Å²) in [6.45, 7) is 9.82. The van der Waals surface area contributed by atoms with Gasteiger partial charge in [-0.3, -0.25) is 0 Å². The molecule has 2 atom stereocenters. The molecule has 15 heavy (non-hydrogen) atoms. The Labute approximate surface area is 93.6 Å². The molecule has 0 amide bonds. The van der Waals surface area contributed by atoms with Crippen LogP contribution < -0.4 is 0 Å². The van der Waals surface area contributed by atoms with Crippen LogP contribution in [0.5, 0.6) is 0 Å². The first kappa shape index (κ1) is 12.8. The summed E-state index contributed by atoms with van der Waals surface area (Å²) in [6.07, 6.45) is 1.39. The van der Waals surface area contributed by atoms with Crippen molar-refractivity contribution in [2.24, 2.45) is 4.40 Å². The Kier molecular flexibility index (Phi) is 3.68. The van der Waals surface area contributed by atoms with Gasteiger partial charge in [-0.05, 0) is 34.6 Å². The summed E-state index contributed by atoms with van der Waals surface area (Å²) < 4.78 is 26.1. The zero-order valence-electron chi connectivity index (χ0n) is 9.94. The number of hydrogen-bond acceptors (Lipinski definition) is 3. The van der Waals surface area contributed by atoms with Gasteiger partial charge in [0.15, 0.2) is 5.79 Å². The maximum atomic E-state index is 11.6. The lowest BCUT2D eigenvalue weighted by Crippen LogP contribution is -2.23. The summed E-state index contributed by atoms with van der Waals surface area (Å²) in [5.74, 6) is -0.556. The second-order valence-corrected chi connectivity index (χ2v) is 6.92. The number of nitrogens with zero attached hydrogens (tertiary/aromatic N) is 1. The molecule has 1 saturated heterocycles. The molecule has 0 bridgehead atoms. The van der Waals surface area contributed by atoms with E-state index in [9.17, 15) is 4.21 Å². The Balaban J connectivity index is 2.50. The SMILES string of the molecule is CC1(C)OC[C@@H](C=N[S@](=O)C(C)(C)C)O1. The molecule has 0 radical (unpaired) electrons. The van der Waals surface area contributed by atoms with Crippen LogP contribution in [0.25, 0.3) is 0 Å². The van der Waals surface area contributed by atoms with Crippen molar-refractivity contribution in [3.8, 4) is 0 Å². The Morgan fingerprint density at radius 2 is 2.07 bits per heavy atom. The van der Waals surface area contributed by atoms with Crippen LogP contribution in [0.2, 0.25) is 0 Å². The summed E-state index contributed by atoms with van der Waals surface area (Å²) in [5, 5.41) is 0. The van der Waals surface area contributed by atoms with Gasteiger partial charge in [0.25, 0.3) is 0 Å². The highest BCUT2D eigenvalue weighted by atomic mass is 32.2. The molecule has 0 spiro atoms. The van der Waals surface area contributed by atoms with E-state index in [0.29, 0.717) is 6.61 Å². The zero-order valence-corrected chi connectivity index (χ0v) is 10.8. The average molecular weight is 233 g/mol. The fourth-order valence-electron chi connectivity index (χ4n) is 1.07. The van der Waals surface area contributed by atoms with Gasteiger partial charge in [-0.1, -0.05) is 0 Å². The average Bonchev–Trinajstić information content (AvgIpc) is 2.39. The molecule has 88 valence electrons. The van der Waals surface area contributed by atoms with Crippen LogP contribution in [-0.4, -0.2) is 33.7 Å². The lowest BCUT2D eigenvalue weighted by atomic mass is 10.3. The predicted molar refractivity (Wildman–Crippen MR) is 61.3 cm³/mol. The van der Waals surface area contributed by atoms with E-state index in [1.54, 1.807) is 6.21 Å². The van der Waals surface area contributed by atoms with E-state index in [1.165, 1.54) is 0 Å². The molecule has 0 aromatic carbocycles. The highest BCUT2D eigenvalue weighted by Crippen LogP contribution is 2.21. The molecule has 1 heterocycles. The van der Waals surface area contributed by atoms with Gasteiger partial charge in [0.1, 0.15) is 17.1 Å². The number of rotatable bonds is 2. The molecule has 0 aromatic heterocycles. The van der Waals surface area contributed by atoms with Crippen molar-refractivity contribution < 1.29 is 13.7 Å². The Bertz CT molecular complexity index is 281. The highest BCUT2D eigenvalue weighted by molar-refractivity contribution is 7.85. The van der Waals surface area contributed by atoms with Crippen LogP contribution in [0.1, 0.15) is 34.6 Å². The predicted octanol–water partition coefficient (Wildman–Crippen LogP) is 1.67. The van der Waals surface area contributed by atoms with E-state index < -0.39 is 16.8 Å². The molecule has 0 aromatic rings. The van der Waals surface area contributed by atoms with Gasteiger partial charge >= 0.3 is 0 Å². The van der Waals surface area contributed by atoms with Crippen LogP contribution in [0.3, 0.4) is 0 Å². The second kappa shape index (κ2) is 4.31. The van der Waals surface area contributed by atoms with Crippen molar-refractivity contribution in [2.75, 3.05) is 6.61 Å². The third-order valence-corrected chi connectivity index (χ3v) is 3.24. The zero-order chi connectivity index (χ0) is 11.7. The summed E-state index contributed by atoms with van der Waals surface area (Å²) in [6, 6.07) is 0. The maximum Gasteiger partial charge on any atom is 0.163 e. The molecule has 0 aliphatic carbocycles. The summed E-state index contributed by atoms with van der Waals surface area (Å²) >= 11 is 0. The monoisotopic (exact) mass is 233 g/mol. The molecule has 0 saturated carbocycles. The molecular weight excluding hydrogens is 214 g/mol. The number of hydrogen-bond donors (Lipinski definition) is 0. The van der Waals surface area contributed by atoms with Crippen molar-refractivity contribution in [3.63, 3.8) is 0 Å². The van der Waals surface area contributed by atoms with Crippen LogP contribution in [0.4, 0.5) is 0 Å². The highest BCUT2D eigenvalue weighted by Gasteiger charge is 2.32. The first-order chi connectivity index (χ1) is 6.71. The first-order valence-corrected chi connectivity index (χ1v) is 6.09. The molecule has 1 aliphatic rings. The van der Waals surface area contributed by atoms with E-state index >= 15 is 0 Å². The quantitative estimate of drug-likeness (QED) is 0.682. The summed E-state index contributed by atoms with van der Waals surface area (Å²) in [5.41, 5.74) is 0. The van der Waals surface area contributed by atoms with Gasteiger partial charge in [0.05, 0.1) is 11.4 Å². The van der Waals surface area contributed by atoms with Gasteiger partial charge in [-0.15, -0.1) is 0 Å². The van der Waals surface area contributed by atoms with E-state index in [4.69, 9.17) is 9.47 Å². The minimum absolute atomic E-state index is 0.189. The third-order valence-electron chi connectivity index (χ3n) is 1.88. The molecule has 0 N–H and O–H groups in total. The minimum atomic E-state index is -1.22. The molecule has 0 unspecified atom stereocenters. The van der Waals surface area contributed by atoms with Crippen molar-refractivity contribution in [3.05, 3.63) is 0 Å². The minimum Gasteiger partial charge on any atom is -0.347 e. The molecule has 1 fully saturated rings. The summed E-state index contributed by atoms with van der Waals surface area (Å²) in [4.78, 5) is 0. The fraction of sp³-hybridized carbons (Fsp3) is 0.900. The van der Waals surface area contributed by atoms with E-state index in [1.807, 2.05) is 34.6 Å². The molecule has 1 aliphatic heterocycles. The molecule has 4 nitrogen and oxygen atoms in total. The Hall–Kier alpha value is -0.260. The van der Waals surface area contributed by atoms with Gasteiger partial charge in [-0.2, -0.15) is 4.40 Å². The van der Waals surface area contributed by atoms with Crippen molar-refractivity contribution in [1.82, 2.24) is 0 Å². The van der Waals surface area contributed by atoms with E-state index in [-0.39, 0.29) is 10.9 Å². The van der Waals surface area contributed by atoms with Crippen LogP contribution in [-0.2, 0) is 20.5 Å². The molecule has 5 heteroatoms.